The van der Waals surface area contributed by atoms with Crippen LogP contribution in [0, 0.1) is 0 Å². The van der Waals surface area contributed by atoms with Crippen LogP contribution < -0.4 is 11.1 Å². The van der Waals surface area contributed by atoms with Crippen molar-refractivity contribution in [3.63, 3.8) is 0 Å². The van der Waals surface area contributed by atoms with Crippen molar-refractivity contribution in [1.82, 2.24) is 24.7 Å². The molecule has 3 heterocycles. The molecule has 3 N–H and O–H groups in total. The average molecular weight is 489 g/mol. The van der Waals surface area contributed by atoms with Crippen LogP contribution in [0.25, 0.3) is 38.9 Å². The van der Waals surface area contributed by atoms with Gasteiger partial charge in [0.25, 0.3) is 0 Å². The summed E-state index contributed by atoms with van der Waals surface area (Å²) in [6.45, 7) is 0. The molecule has 2 saturated carbocycles. The summed E-state index contributed by atoms with van der Waals surface area (Å²) in [5, 5.41) is 4.98. The molecular formula is C31H32N6. The molecule has 6 heteroatoms. The summed E-state index contributed by atoms with van der Waals surface area (Å²) in [6.07, 6.45) is 12.6. The van der Waals surface area contributed by atoms with Crippen LogP contribution in [-0.2, 0) is 0 Å². The Kier molecular flexibility index (Phi) is 5.62. The van der Waals surface area contributed by atoms with E-state index in [2.05, 4.69) is 57.2 Å². The minimum atomic E-state index is 0.422. The molecule has 5 aromatic rings. The molecule has 6 nitrogen and oxygen atoms in total. The van der Waals surface area contributed by atoms with Gasteiger partial charge in [-0.05, 0) is 50.7 Å². The molecule has 0 atom stereocenters. The van der Waals surface area contributed by atoms with Crippen molar-refractivity contribution in [2.75, 3.05) is 5.73 Å². The molecule has 186 valence electrons. The largest absolute Gasteiger partial charge is 0.382 e. The van der Waals surface area contributed by atoms with Crippen molar-refractivity contribution >= 4 is 22.2 Å². The molecule has 0 spiro atoms. The van der Waals surface area contributed by atoms with Crippen LogP contribution >= 0.6 is 0 Å². The second kappa shape index (κ2) is 9.27. The van der Waals surface area contributed by atoms with Crippen LogP contribution in [0.1, 0.15) is 56.7 Å². The number of aromatic nitrogens is 4. The van der Waals surface area contributed by atoms with E-state index in [1.165, 1.54) is 32.1 Å². The van der Waals surface area contributed by atoms with Crippen LogP contribution in [0.2, 0.25) is 0 Å². The van der Waals surface area contributed by atoms with Gasteiger partial charge in [-0.3, -0.25) is 4.40 Å². The fourth-order valence-corrected chi connectivity index (χ4v) is 6.04. The third-order valence-corrected chi connectivity index (χ3v) is 8.31. The molecule has 2 aliphatic carbocycles. The van der Waals surface area contributed by atoms with Gasteiger partial charge in [0.15, 0.2) is 0 Å². The van der Waals surface area contributed by atoms with E-state index in [1.807, 2.05) is 24.4 Å². The molecule has 2 aromatic carbocycles. The summed E-state index contributed by atoms with van der Waals surface area (Å²) in [6, 6.07) is 22.3. The zero-order valence-corrected chi connectivity index (χ0v) is 21.0. The molecule has 0 bridgehead atoms. The number of imidazole rings is 1. The maximum atomic E-state index is 6.45. The Labute approximate surface area is 217 Å². The second-order valence-corrected chi connectivity index (χ2v) is 10.7. The summed E-state index contributed by atoms with van der Waals surface area (Å²) in [5.74, 6) is 2.04. The fourth-order valence-electron chi connectivity index (χ4n) is 6.04. The topological polar surface area (TPSA) is 81.1 Å². The SMILES string of the molecule is Nc1nccn2c(C3CCC(NC4CCC4)CC3)nc(-c3ccc4ccc(-c5ccccc5)nc4c3)c12. The van der Waals surface area contributed by atoms with E-state index in [-0.39, 0.29) is 0 Å². The van der Waals surface area contributed by atoms with Crippen LogP contribution in [-0.4, -0.2) is 31.4 Å². The Hall–Kier alpha value is -3.77. The van der Waals surface area contributed by atoms with Gasteiger partial charge in [0.1, 0.15) is 22.9 Å². The third-order valence-electron chi connectivity index (χ3n) is 8.31. The lowest BCUT2D eigenvalue weighted by Gasteiger charge is -2.35. The van der Waals surface area contributed by atoms with E-state index in [0.29, 0.717) is 17.8 Å². The van der Waals surface area contributed by atoms with Crippen LogP contribution in [0.5, 0.6) is 0 Å². The summed E-state index contributed by atoms with van der Waals surface area (Å²) in [4.78, 5) is 14.6. The number of benzene rings is 2. The standard InChI is InChI=1S/C31H32N6/c32-30-29-28(23-10-9-21-13-16-26(35-27(21)19-23)20-5-2-1-3-6-20)36-31(37(29)18-17-33-30)22-11-14-25(15-12-22)34-24-7-4-8-24/h1-3,5-6,9-10,13,16-19,22,24-25,34H,4,7-8,11-12,14-15H2,(H2,32,33). The number of hydrogen-bond donors (Lipinski definition) is 2. The zero-order valence-electron chi connectivity index (χ0n) is 21.0. The Morgan fingerprint density at radius 1 is 0.811 bits per heavy atom. The molecule has 0 saturated heterocycles. The molecule has 37 heavy (non-hydrogen) atoms. The number of anilines is 1. The zero-order chi connectivity index (χ0) is 24.8. The van der Waals surface area contributed by atoms with E-state index in [0.717, 1.165) is 63.6 Å². The molecule has 0 aliphatic heterocycles. The van der Waals surface area contributed by atoms with E-state index < -0.39 is 0 Å². The lowest BCUT2D eigenvalue weighted by atomic mass is 9.83. The van der Waals surface area contributed by atoms with Crippen LogP contribution in [0.4, 0.5) is 5.82 Å². The number of nitrogen functional groups attached to an aromatic ring is 1. The number of pyridine rings is 1. The molecule has 3 aromatic heterocycles. The quantitative estimate of drug-likeness (QED) is 0.301. The summed E-state index contributed by atoms with van der Waals surface area (Å²) in [7, 11) is 0. The van der Waals surface area contributed by atoms with Gasteiger partial charge in [-0.25, -0.2) is 15.0 Å². The maximum absolute atomic E-state index is 6.45. The first-order chi connectivity index (χ1) is 18.2. The highest BCUT2D eigenvalue weighted by atomic mass is 15.1. The first-order valence-corrected chi connectivity index (χ1v) is 13.6. The second-order valence-electron chi connectivity index (χ2n) is 10.7. The van der Waals surface area contributed by atoms with Crippen molar-refractivity contribution in [2.24, 2.45) is 0 Å². The van der Waals surface area contributed by atoms with E-state index >= 15 is 0 Å². The highest BCUT2D eigenvalue weighted by Crippen LogP contribution is 2.38. The summed E-state index contributed by atoms with van der Waals surface area (Å²) < 4.78 is 2.18. The highest BCUT2D eigenvalue weighted by molar-refractivity contribution is 5.91. The molecule has 2 fully saturated rings. The van der Waals surface area contributed by atoms with Gasteiger partial charge in [-0.15, -0.1) is 0 Å². The lowest BCUT2D eigenvalue weighted by molar-refractivity contribution is 0.254. The number of nitrogens with one attached hydrogen (secondary N) is 1. The first-order valence-electron chi connectivity index (χ1n) is 13.6. The Morgan fingerprint density at radius 2 is 1.59 bits per heavy atom. The van der Waals surface area contributed by atoms with E-state index in [9.17, 15) is 0 Å². The van der Waals surface area contributed by atoms with Gasteiger partial charge in [-0.1, -0.05) is 55.0 Å². The van der Waals surface area contributed by atoms with Gasteiger partial charge >= 0.3 is 0 Å². The molecule has 0 radical (unpaired) electrons. The normalized spacial score (nSPS) is 20.3. The Balaban J connectivity index is 1.25. The van der Waals surface area contributed by atoms with Crippen LogP contribution in [0.3, 0.4) is 0 Å². The van der Waals surface area contributed by atoms with Crippen molar-refractivity contribution in [3.05, 3.63) is 78.9 Å². The number of fused-ring (bicyclic) bond motifs is 2. The highest BCUT2D eigenvalue weighted by Gasteiger charge is 2.29. The number of hydrogen-bond acceptors (Lipinski definition) is 5. The Bertz CT molecular complexity index is 1560. The summed E-state index contributed by atoms with van der Waals surface area (Å²) in [5.41, 5.74) is 12.3. The molecular weight excluding hydrogens is 456 g/mol. The Morgan fingerprint density at radius 3 is 2.38 bits per heavy atom. The minimum absolute atomic E-state index is 0.422. The predicted molar refractivity (Wildman–Crippen MR) is 149 cm³/mol. The van der Waals surface area contributed by atoms with Crippen LogP contribution in [0.15, 0.2) is 73.1 Å². The van der Waals surface area contributed by atoms with Crippen molar-refractivity contribution in [1.29, 1.82) is 0 Å². The first kappa shape index (κ1) is 22.4. The summed E-state index contributed by atoms with van der Waals surface area (Å²) >= 11 is 0. The molecule has 2 aliphatic rings. The van der Waals surface area contributed by atoms with Gasteiger partial charge in [0.05, 0.1) is 11.2 Å². The van der Waals surface area contributed by atoms with Crippen molar-refractivity contribution in [3.8, 4) is 22.5 Å². The predicted octanol–water partition coefficient (Wildman–Crippen LogP) is 6.36. The monoisotopic (exact) mass is 488 g/mol. The van der Waals surface area contributed by atoms with Gasteiger partial charge < -0.3 is 11.1 Å². The van der Waals surface area contributed by atoms with Gasteiger partial charge in [0.2, 0.25) is 0 Å². The fraction of sp³-hybridized carbons (Fsp3) is 0.323. The van der Waals surface area contributed by atoms with E-state index in [1.54, 1.807) is 6.20 Å². The lowest BCUT2D eigenvalue weighted by Crippen LogP contribution is -2.43. The van der Waals surface area contributed by atoms with Gasteiger partial charge in [0, 0.05) is 46.9 Å². The number of nitrogens with two attached hydrogens (primary N) is 1. The smallest absolute Gasteiger partial charge is 0.150 e. The molecule has 7 rings (SSSR count). The number of rotatable bonds is 5. The maximum Gasteiger partial charge on any atom is 0.150 e. The molecule has 0 unspecified atom stereocenters. The number of nitrogens with zero attached hydrogens (tertiary/aromatic N) is 4. The third kappa shape index (κ3) is 4.15. The van der Waals surface area contributed by atoms with Gasteiger partial charge in [-0.2, -0.15) is 0 Å². The molecule has 0 amide bonds. The average Bonchev–Trinajstić information content (AvgIpc) is 3.32. The minimum Gasteiger partial charge on any atom is -0.382 e. The van der Waals surface area contributed by atoms with Crippen molar-refractivity contribution in [2.45, 2.75) is 62.9 Å². The van der Waals surface area contributed by atoms with E-state index in [4.69, 9.17) is 15.7 Å². The van der Waals surface area contributed by atoms with Crippen molar-refractivity contribution < 1.29 is 0 Å².